The van der Waals surface area contributed by atoms with Crippen molar-refractivity contribution in [2.45, 2.75) is 4.90 Å². The number of nitrogens with one attached hydrogen (secondary N) is 1. The number of nitrogens with zero attached hydrogens (tertiary/aromatic N) is 1. The Bertz CT molecular complexity index is 694. The third kappa shape index (κ3) is 4.46. The van der Waals surface area contributed by atoms with Gasteiger partial charge in [0.1, 0.15) is 0 Å². The van der Waals surface area contributed by atoms with E-state index in [0.29, 0.717) is 0 Å². The molecule has 2 aromatic rings. The van der Waals surface area contributed by atoms with Crippen molar-refractivity contribution < 1.29 is 9.72 Å². The summed E-state index contributed by atoms with van der Waals surface area (Å²) in [5.41, 5.74) is 1.46. The second kappa shape index (κ2) is 7.42. The number of hydrogen-bond acceptors (Lipinski definition) is 4. The summed E-state index contributed by atoms with van der Waals surface area (Å²) < 4.78 is 0. The molecule has 0 bridgehead atoms. The number of carbonyl (C=O) groups excluding carboxylic acids is 1. The quantitative estimate of drug-likeness (QED) is 0.392. The first-order chi connectivity index (χ1) is 10.6. The van der Waals surface area contributed by atoms with Crippen molar-refractivity contribution in [1.82, 2.24) is 0 Å². The molecule has 1 amide bonds. The van der Waals surface area contributed by atoms with Crippen LogP contribution in [0, 0.1) is 10.1 Å². The van der Waals surface area contributed by atoms with E-state index in [-0.39, 0.29) is 11.6 Å². The van der Waals surface area contributed by atoms with E-state index in [1.807, 2.05) is 30.5 Å². The van der Waals surface area contributed by atoms with Gasteiger partial charge in [0.2, 0.25) is 5.91 Å². The van der Waals surface area contributed by atoms with E-state index in [1.165, 1.54) is 18.2 Å². The van der Waals surface area contributed by atoms with Crippen LogP contribution in [0.5, 0.6) is 0 Å². The first kappa shape index (κ1) is 15.8. The number of benzene rings is 2. The van der Waals surface area contributed by atoms with E-state index in [4.69, 9.17) is 0 Å². The molecular formula is C16H14N2O3S. The normalized spacial score (nSPS) is 10.6. The highest BCUT2D eigenvalue weighted by Gasteiger charge is 2.03. The van der Waals surface area contributed by atoms with Crippen molar-refractivity contribution in [1.29, 1.82) is 0 Å². The third-order valence-electron chi connectivity index (χ3n) is 2.89. The van der Waals surface area contributed by atoms with E-state index in [9.17, 15) is 14.9 Å². The van der Waals surface area contributed by atoms with E-state index in [0.717, 1.165) is 16.1 Å². The Morgan fingerprint density at radius 3 is 2.32 bits per heavy atom. The van der Waals surface area contributed by atoms with Gasteiger partial charge in [0.25, 0.3) is 5.69 Å². The average Bonchev–Trinajstić information content (AvgIpc) is 2.54. The predicted octanol–water partition coefficient (Wildman–Crippen LogP) is 3.97. The van der Waals surface area contributed by atoms with Gasteiger partial charge in [-0.3, -0.25) is 14.9 Å². The molecule has 0 aliphatic heterocycles. The van der Waals surface area contributed by atoms with Gasteiger partial charge < -0.3 is 5.32 Å². The lowest BCUT2D eigenvalue weighted by atomic mass is 10.2. The number of hydrogen-bond donors (Lipinski definition) is 1. The van der Waals surface area contributed by atoms with Crippen LogP contribution in [0.3, 0.4) is 0 Å². The van der Waals surface area contributed by atoms with Crippen LogP contribution in [0.15, 0.2) is 59.5 Å². The van der Waals surface area contributed by atoms with Gasteiger partial charge in [-0.05, 0) is 54.3 Å². The van der Waals surface area contributed by atoms with Gasteiger partial charge in [0, 0.05) is 28.8 Å². The highest BCUT2D eigenvalue weighted by atomic mass is 32.2. The maximum Gasteiger partial charge on any atom is 0.269 e. The van der Waals surface area contributed by atoms with Gasteiger partial charge >= 0.3 is 0 Å². The van der Waals surface area contributed by atoms with Gasteiger partial charge in [-0.1, -0.05) is 0 Å². The minimum Gasteiger partial charge on any atom is -0.323 e. The third-order valence-corrected chi connectivity index (χ3v) is 3.63. The van der Waals surface area contributed by atoms with Crippen molar-refractivity contribution in [2.75, 3.05) is 11.6 Å². The molecular weight excluding hydrogens is 300 g/mol. The van der Waals surface area contributed by atoms with Crippen LogP contribution in [0.4, 0.5) is 11.4 Å². The van der Waals surface area contributed by atoms with Crippen LogP contribution in [0.1, 0.15) is 5.56 Å². The average molecular weight is 314 g/mol. The Kier molecular flexibility index (Phi) is 5.32. The number of thioether (sulfide) groups is 1. The lowest BCUT2D eigenvalue weighted by Crippen LogP contribution is -2.07. The van der Waals surface area contributed by atoms with Crippen LogP contribution >= 0.6 is 11.8 Å². The lowest BCUT2D eigenvalue weighted by molar-refractivity contribution is -0.384. The van der Waals surface area contributed by atoms with Crippen LogP contribution in [0.2, 0.25) is 0 Å². The fourth-order valence-electron chi connectivity index (χ4n) is 1.74. The van der Waals surface area contributed by atoms with Crippen molar-refractivity contribution in [3.63, 3.8) is 0 Å². The minimum absolute atomic E-state index is 0.0236. The second-order valence-electron chi connectivity index (χ2n) is 4.40. The second-order valence-corrected chi connectivity index (χ2v) is 5.28. The van der Waals surface area contributed by atoms with Gasteiger partial charge in [-0.2, -0.15) is 0 Å². The minimum atomic E-state index is -0.460. The Hall–Kier alpha value is -2.60. The number of rotatable bonds is 5. The van der Waals surface area contributed by atoms with Crippen LogP contribution in [-0.2, 0) is 4.79 Å². The molecule has 112 valence electrons. The maximum atomic E-state index is 11.8. The van der Waals surface area contributed by atoms with E-state index in [2.05, 4.69) is 5.32 Å². The summed E-state index contributed by atoms with van der Waals surface area (Å²) in [6.07, 6.45) is 4.99. The molecule has 6 heteroatoms. The van der Waals surface area contributed by atoms with E-state index in [1.54, 1.807) is 30.0 Å². The lowest BCUT2D eigenvalue weighted by Gasteiger charge is -2.03. The SMILES string of the molecule is CSc1ccc(NC(=O)/C=C\c2ccc([N+](=O)[O-])cc2)cc1. The zero-order valence-corrected chi connectivity index (χ0v) is 12.7. The summed E-state index contributed by atoms with van der Waals surface area (Å²) in [7, 11) is 0. The molecule has 22 heavy (non-hydrogen) atoms. The standard InChI is InChI=1S/C16H14N2O3S/c1-22-15-9-5-13(6-10-15)17-16(19)11-4-12-2-7-14(8-3-12)18(20)21/h2-11H,1H3,(H,17,19)/b11-4-. The van der Waals surface area contributed by atoms with Crippen molar-refractivity contribution in [2.24, 2.45) is 0 Å². The van der Waals surface area contributed by atoms with Crippen molar-refractivity contribution >= 4 is 35.1 Å². The Balaban J connectivity index is 1.96. The number of non-ortho nitro benzene ring substituents is 1. The molecule has 2 rings (SSSR count). The first-order valence-electron chi connectivity index (χ1n) is 6.46. The molecule has 0 aliphatic rings. The summed E-state index contributed by atoms with van der Waals surface area (Å²) in [6.45, 7) is 0. The van der Waals surface area contributed by atoms with Crippen LogP contribution < -0.4 is 5.32 Å². The maximum absolute atomic E-state index is 11.8. The molecule has 2 aromatic carbocycles. The van der Waals surface area contributed by atoms with E-state index < -0.39 is 4.92 Å². The molecule has 0 fully saturated rings. The monoisotopic (exact) mass is 314 g/mol. The number of nitro groups is 1. The molecule has 0 aromatic heterocycles. The fourth-order valence-corrected chi connectivity index (χ4v) is 2.15. The zero-order chi connectivity index (χ0) is 15.9. The van der Waals surface area contributed by atoms with Crippen molar-refractivity contribution in [3.05, 3.63) is 70.3 Å². The fraction of sp³-hybridized carbons (Fsp3) is 0.0625. The Morgan fingerprint density at radius 1 is 1.14 bits per heavy atom. The Labute approximate surface area is 132 Å². The molecule has 0 spiro atoms. The molecule has 0 saturated heterocycles. The topological polar surface area (TPSA) is 72.2 Å². The molecule has 0 radical (unpaired) electrons. The summed E-state index contributed by atoms with van der Waals surface area (Å²) in [5.74, 6) is -0.254. The van der Waals surface area contributed by atoms with E-state index >= 15 is 0 Å². The Morgan fingerprint density at radius 2 is 1.77 bits per heavy atom. The molecule has 5 nitrogen and oxygen atoms in total. The first-order valence-corrected chi connectivity index (χ1v) is 7.68. The molecule has 0 aliphatic carbocycles. The van der Waals surface area contributed by atoms with Gasteiger partial charge in [0.15, 0.2) is 0 Å². The largest absolute Gasteiger partial charge is 0.323 e. The molecule has 0 saturated carbocycles. The number of amides is 1. The summed E-state index contributed by atoms with van der Waals surface area (Å²) in [6, 6.07) is 13.5. The summed E-state index contributed by atoms with van der Waals surface area (Å²) in [5, 5.41) is 13.3. The summed E-state index contributed by atoms with van der Waals surface area (Å²) >= 11 is 1.63. The summed E-state index contributed by atoms with van der Waals surface area (Å²) in [4.78, 5) is 23.0. The molecule has 1 N–H and O–H groups in total. The number of nitro benzene ring substituents is 1. The van der Waals surface area contributed by atoms with Crippen molar-refractivity contribution in [3.8, 4) is 0 Å². The number of carbonyl (C=O) groups is 1. The van der Waals surface area contributed by atoms with Crippen LogP contribution in [-0.4, -0.2) is 17.1 Å². The highest BCUT2D eigenvalue weighted by Crippen LogP contribution is 2.17. The van der Waals surface area contributed by atoms with Gasteiger partial charge in [0.05, 0.1) is 4.92 Å². The predicted molar refractivity (Wildman–Crippen MR) is 89.0 cm³/mol. The highest BCUT2D eigenvalue weighted by molar-refractivity contribution is 7.98. The zero-order valence-electron chi connectivity index (χ0n) is 11.9. The molecule has 0 unspecified atom stereocenters. The number of anilines is 1. The molecule has 0 heterocycles. The van der Waals surface area contributed by atoms with Crippen LogP contribution in [0.25, 0.3) is 6.08 Å². The smallest absolute Gasteiger partial charge is 0.269 e. The van der Waals surface area contributed by atoms with Gasteiger partial charge in [-0.15, -0.1) is 11.8 Å². The molecule has 0 atom stereocenters. The van der Waals surface area contributed by atoms with Gasteiger partial charge in [-0.25, -0.2) is 0 Å².